The highest BCUT2D eigenvalue weighted by Gasteiger charge is 2.24. The summed E-state index contributed by atoms with van der Waals surface area (Å²) in [6.07, 6.45) is -0.165. The first kappa shape index (κ1) is 12.7. The van der Waals surface area contributed by atoms with Gasteiger partial charge in [-0.25, -0.2) is 13.6 Å². The summed E-state index contributed by atoms with van der Waals surface area (Å²) in [4.78, 5) is 10.9. The summed E-state index contributed by atoms with van der Waals surface area (Å²) < 4.78 is 30.9. The summed E-state index contributed by atoms with van der Waals surface area (Å²) >= 11 is 0. The van der Waals surface area contributed by atoms with Crippen molar-refractivity contribution in [3.63, 3.8) is 0 Å². The second-order valence-electron chi connectivity index (χ2n) is 3.26. The van der Waals surface area contributed by atoms with Crippen molar-refractivity contribution < 1.29 is 18.3 Å². The molecular formula is C10H10ClF2NO2. The highest BCUT2D eigenvalue weighted by Crippen LogP contribution is 2.24. The van der Waals surface area contributed by atoms with Crippen LogP contribution < -0.4 is 5.32 Å². The van der Waals surface area contributed by atoms with E-state index in [1.807, 2.05) is 0 Å². The Labute approximate surface area is 97.2 Å². The molecule has 1 amide bonds. The zero-order valence-electron chi connectivity index (χ0n) is 8.20. The van der Waals surface area contributed by atoms with Crippen molar-refractivity contribution in [3.05, 3.63) is 35.4 Å². The van der Waals surface area contributed by atoms with E-state index < -0.39 is 23.8 Å². The lowest BCUT2D eigenvalue weighted by Gasteiger charge is -2.23. The lowest BCUT2D eigenvalue weighted by molar-refractivity contribution is 0.115. The van der Waals surface area contributed by atoms with E-state index in [9.17, 15) is 13.6 Å². The fraction of sp³-hybridized carbons (Fsp3) is 0.300. The maximum absolute atomic E-state index is 13.3. The van der Waals surface area contributed by atoms with Crippen LogP contribution in [0.4, 0.5) is 13.6 Å². The molecule has 1 N–H and O–H groups in total. The molecule has 0 bridgehead atoms. The highest BCUT2D eigenvalue weighted by atomic mass is 35.5. The Hall–Kier alpha value is -1.36. The molecule has 1 aromatic carbocycles. The minimum atomic E-state index is -0.912. The Kier molecular flexibility index (Phi) is 4.06. The lowest BCUT2D eigenvalue weighted by atomic mass is 10.0. The summed E-state index contributed by atoms with van der Waals surface area (Å²) in [6, 6.07) is 3.39. The maximum Gasteiger partial charge on any atom is 0.407 e. The second kappa shape index (κ2) is 5.12. The molecule has 0 spiro atoms. The third kappa shape index (κ3) is 2.41. The molecule has 0 unspecified atom stereocenters. The second-order valence-corrected chi connectivity index (χ2v) is 3.26. The predicted octanol–water partition coefficient (Wildman–Crippen LogP) is 2.56. The van der Waals surface area contributed by atoms with Gasteiger partial charge in [-0.3, -0.25) is 0 Å². The van der Waals surface area contributed by atoms with Crippen LogP contribution in [0.15, 0.2) is 18.2 Å². The molecule has 1 saturated heterocycles. The van der Waals surface area contributed by atoms with E-state index in [2.05, 4.69) is 10.1 Å². The van der Waals surface area contributed by atoms with Gasteiger partial charge >= 0.3 is 6.09 Å². The van der Waals surface area contributed by atoms with E-state index in [0.29, 0.717) is 6.42 Å². The lowest BCUT2D eigenvalue weighted by Crippen LogP contribution is -2.35. The standard InChI is InChI=1S/C10H9F2NO2.ClH/c11-7-3-1-2-6(9(7)12)8-4-5-15-10(14)13-8;/h1-3,8H,4-5H2,(H,13,14);1H/t8-;/m0./s1. The van der Waals surface area contributed by atoms with Gasteiger partial charge in [-0.05, 0) is 6.07 Å². The number of hydrogen-bond acceptors (Lipinski definition) is 2. The number of carbonyl (C=O) groups excluding carboxylic acids is 1. The number of rotatable bonds is 1. The molecule has 1 atom stereocenters. The third-order valence-electron chi connectivity index (χ3n) is 2.29. The van der Waals surface area contributed by atoms with Crippen LogP contribution in [0.25, 0.3) is 0 Å². The van der Waals surface area contributed by atoms with Gasteiger partial charge in [-0.1, -0.05) is 12.1 Å². The van der Waals surface area contributed by atoms with Crippen LogP contribution >= 0.6 is 12.4 Å². The zero-order valence-corrected chi connectivity index (χ0v) is 9.02. The first-order valence-corrected chi connectivity index (χ1v) is 4.55. The van der Waals surface area contributed by atoms with Crippen LogP contribution in [0.5, 0.6) is 0 Å². The van der Waals surface area contributed by atoms with Crippen molar-refractivity contribution in [1.82, 2.24) is 5.32 Å². The van der Waals surface area contributed by atoms with Crippen molar-refractivity contribution in [2.45, 2.75) is 12.5 Å². The monoisotopic (exact) mass is 249 g/mol. The summed E-state index contributed by atoms with van der Waals surface area (Å²) in [5.74, 6) is -1.82. The summed E-state index contributed by atoms with van der Waals surface area (Å²) in [6.45, 7) is 0.215. The number of alkyl carbamates (subject to hydrolysis) is 1. The van der Waals surface area contributed by atoms with Gasteiger partial charge in [-0.15, -0.1) is 12.4 Å². The van der Waals surface area contributed by atoms with Crippen LogP contribution in [-0.4, -0.2) is 12.7 Å². The van der Waals surface area contributed by atoms with Crippen molar-refractivity contribution in [3.8, 4) is 0 Å². The molecule has 6 heteroatoms. The highest BCUT2D eigenvalue weighted by molar-refractivity contribution is 5.85. The van der Waals surface area contributed by atoms with E-state index in [4.69, 9.17) is 0 Å². The first-order valence-electron chi connectivity index (χ1n) is 4.55. The van der Waals surface area contributed by atoms with Gasteiger partial charge in [0.25, 0.3) is 0 Å². The molecule has 1 aromatic rings. The maximum atomic E-state index is 13.3. The number of halogens is 3. The quantitative estimate of drug-likeness (QED) is 0.831. The Morgan fingerprint density at radius 2 is 2.12 bits per heavy atom. The molecule has 16 heavy (non-hydrogen) atoms. The molecule has 0 aromatic heterocycles. The smallest absolute Gasteiger partial charge is 0.407 e. The predicted molar refractivity (Wildman–Crippen MR) is 55.4 cm³/mol. The number of nitrogens with one attached hydrogen (secondary N) is 1. The van der Waals surface area contributed by atoms with E-state index in [-0.39, 0.29) is 24.6 Å². The summed E-state index contributed by atoms with van der Waals surface area (Å²) in [5.41, 5.74) is 0.159. The van der Waals surface area contributed by atoms with E-state index >= 15 is 0 Å². The zero-order chi connectivity index (χ0) is 10.8. The van der Waals surface area contributed by atoms with Gasteiger partial charge in [0.2, 0.25) is 0 Å². The van der Waals surface area contributed by atoms with Gasteiger partial charge in [0.15, 0.2) is 11.6 Å². The molecule has 1 aliphatic heterocycles. The third-order valence-corrected chi connectivity index (χ3v) is 2.29. The van der Waals surface area contributed by atoms with E-state index in [1.165, 1.54) is 12.1 Å². The number of carbonyl (C=O) groups is 1. The fourth-order valence-electron chi connectivity index (χ4n) is 1.55. The topological polar surface area (TPSA) is 38.3 Å². The number of ether oxygens (including phenoxy) is 1. The molecule has 0 saturated carbocycles. The molecule has 2 rings (SSSR count). The Morgan fingerprint density at radius 1 is 1.38 bits per heavy atom. The van der Waals surface area contributed by atoms with Gasteiger partial charge in [0.1, 0.15) is 0 Å². The largest absolute Gasteiger partial charge is 0.449 e. The number of cyclic esters (lactones) is 1. The average Bonchev–Trinajstić information content (AvgIpc) is 2.22. The van der Waals surface area contributed by atoms with Crippen LogP contribution in [0.1, 0.15) is 18.0 Å². The SMILES string of the molecule is Cl.O=C1N[C@H](c2cccc(F)c2F)CCO1. The Bertz CT molecular complexity index is 400. The molecule has 1 heterocycles. The molecule has 0 radical (unpaired) electrons. The molecule has 1 aliphatic rings. The van der Waals surface area contributed by atoms with Gasteiger partial charge in [0, 0.05) is 12.0 Å². The average molecular weight is 250 g/mol. The van der Waals surface area contributed by atoms with Crippen molar-refractivity contribution >= 4 is 18.5 Å². The molecule has 1 fully saturated rings. The molecule has 88 valence electrons. The normalized spacial score (nSPS) is 19.4. The van der Waals surface area contributed by atoms with Gasteiger partial charge in [-0.2, -0.15) is 0 Å². The Morgan fingerprint density at radius 3 is 2.81 bits per heavy atom. The van der Waals surface area contributed by atoms with E-state index in [1.54, 1.807) is 0 Å². The number of hydrogen-bond donors (Lipinski definition) is 1. The minimum absolute atomic E-state index is 0. The summed E-state index contributed by atoms with van der Waals surface area (Å²) in [7, 11) is 0. The van der Waals surface area contributed by atoms with Gasteiger partial charge < -0.3 is 10.1 Å². The van der Waals surface area contributed by atoms with Crippen LogP contribution in [0.3, 0.4) is 0 Å². The van der Waals surface area contributed by atoms with Crippen LogP contribution in [0.2, 0.25) is 0 Å². The van der Waals surface area contributed by atoms with Crippen molar-refractivity contribution in [1.29, 1.82) is 0 Å². The van der Waals surface area contributed by atoms with Crippen molar-refractivity contribution in [2.75, 3.05) is 6.61 Å². The Balaban J connectivity index is 0.00000128. The first-order chi connectivity index (χ1) is 7.18. The van der Waals surface area contributed by atoms with Crippen LogP contribution in [0, 0.1) is 11.6 Å². The molecule has 3 nitrogen and oxygen atoms in total. The minimum Gasteiger partial charge on any atom is -0.449 e. The van der Waals surface area contributed by atoms with E-state index in [0.717, 1.165) is 6.07 Å². The van der Waals surface area contributed by atoms with Gasteiger partial charge in [0.05, 0.1) is 12.6 Å². The van der Waals surface area contributed by atoms with Crippen molar-refractivity contribution in [2.24, 2.45) is 0 Å². The number of amides is 1. The number of benzene rings is 1. The summed E-state index contributed by atoms with van der Waals surface area (Å²) in [5, 5.41) is 2.43. The molecule has 0 aliphatic carbocycles. The van der Waals surface area contributed by atoms with Crippen LogP contribution in [-0.2, 0) is 4.74 Å². The molecular weight excluding hydrogens is 240 g/mol. The fourth-order valence-corrected chi connectivity index (χ4v) is 1.55.